The number of rotatable bonds is 5. The van der Waals surface area contributed by atoms with Crippen molar-refractivity contribution in [2.75, 3.05) is 7.11 Å². The van der Waals surface area contributed by atoms with Gasteiger partial charge in [0.1, 0.15) is 5.75 Å². The summed E-state index contributed by atoms with van der Waals surface area (Å²) in [6.45, 7) is 7.65. The zero-order chi connectivity index (χ0) is 17.9. The van der Waals surface area contributed by atoms with Gasteiger partial charge in [0.15, 0.2) is 5.82 Å². The number of aromatic amines is 1. The number of hydrogen-bond donors (Lipinski definition) is 2. The predicted octanol–water partition coefficient (Wildman–Crippen LogP) is 3.53. The smallest absolute Gasteiger partial charge is 0.233 e. The summed E-state index contributed by atoms with van der Waals surface area (Å²) in [4.78, 5) is 16.6. The highest BCUT2D eigenvalue weighted by atomic mass is 35.5. The lowest BCUT2D eigenvalue weighted by atomic mass is 10.1. The van der Waals surface area contributed by atoms with Gasteiger partial charge in [0.25, 0.3) is 0 Å². The van der Waals surface area contributed by atoms with E-state index in [0.717, 1.165) is 5.56 Å². The molecule has 0 saturated heterocycles. The molecule has 1 heterocycles. The van der Waals surface area contributed by atoms with E-state index in [1.165, 1.54) is 11.8 Å². The number of aromatic nitrogens is 3. The molecule has 8 heteroatoms. The highest BCUT2D eigenvalue weighted by Crippen LogP contribution is 2.31. The van der Waals surface area contributed by atoms with Crippen LogP contribution in [0.5, 0.6) is 5.75 Å². The van der Waals surface area contributed by atoms with E-state index in [1.807, 2.05) is 27.7 Å². The molecule has 0 bridgehead atoms. The molecule has 0 fully saturated rings. The average Bonchev–Trinajstić information content (AvgIpc) is 2.93. The predicted molar refractivity (Wildman–Crippen MR) is 96.6 cm³/mol. The number of thioether (sulfide) groups is 1. The summed E-state index contributed by atoms with van der Waals surface area (Å²) >= 11 is 7.33. The Balaban J connectivity index is 2.14. The summed E-state index contributed by atoms with van der Waals surface area (Å²) < 4.78 is 5.32. The molecule has 1 unspecified atom stereocenters. The molecule has 2 N–H and O–H groups in total. The quantitative estimate of drug-likeness (QED) is 0.789. The number of ether oxygens (including phenoxy) is 1. The van der Waals surface area contributed by atoms with Crippen LogP contribution in [0.2, 0.25) is 5.02 Å². The van der Waals surface area contributed by atoms with E-state index < -0.39 is 0 Å². The van der Waals surface area contributed by atoms with Gasteiger partial charge < -0.3 is 10.1 Å². The number of carbonyl (C=O) groups is 1. The van der Waals surface area contributed by atoms with Gasteiger partial charge in [0, 0.05) is 10.6 Å². The molecule has 2 rings (SSSR count). The Kier molecular flexibility index (Phi) is 5.77. The molecule has 0 aliphatic rings. The Morgan fingerprint density at radius 2 is 2.12 bits per heavy atom. The van der Waals surface area contributed by atoms with Crippen molar-refractivity contribution in [2.24, 2.45) is 0 Å². The molecule has 130 valence electrons. The first kappa shape index (κ1) is 18.6. The number of nitrogens with one attached hydrogen (secondary N) is 2. The molecule has 0 aliphatic heterocycles. The van der Waals surface area contributed by atoms with Crippen molar-refractivity contribution < 1.29 is 9.53 Å². The number of nitrogens with zero attached hydrogens (tertiary/aromatic N) is 2. The summed E-state index contributed by atoms with van der Waals surface area (Å²) in [5.74, 6) is 1.13. The van der Waals surface area contributed by atoms with E-state index >= 15 is 0 Å². The molecule has 2 aromatic rings. The second-order valence-corrected chi connectivity index (χ2v) is 8.05. The van der Waals surface area contributed by atoms with E-state index in [-0.39, 0.29) is 16.7 Å². The Morgan fingerprint density at radius 3 is 2.75 bits per heavy atom. The average molecular weight is 369 g/mol. The molecule has 1 aromatic heterocycles. The molecule has 1 amide bonds. The van der Waals surface area contributed by atoms with E-state index in [1.54, 1.807) is 25.3 Å². The van der Waals surface area contributed by atoms with Crippen molar-refractivity contribution in [1.29, 1.82) is 0 Å². The minimum Gasteiger partial charge on any atom is -0.496 e. The van der Waals surface area contributed by atoms with Crippen molar-refractivity contribution in [3.05, 3.63) is 23.2 Å². The first-order valence-corrected chi connectivity index (χ1v) is 8.70. The number of H-pyrrole nitrogens is 1. The Morgan fingerprint density at radius 1 is 1.42 bits per heavy atom. The summed E-state index contributed by atoms with van der Waals surface area (Å²) in [5, 5.41) is 10.7. The first-order chi connectivity index (χ1) is 11.2. The van der Waals surface area contributed by atoms with Crippen LogP contribution >= 0.6 is 23.4 Å². The minimum atomic E-state index is -0.311. The van der Waals surface area contributed by atoms with Gasteiger partial charge in [-0.1, -0.05) is 23.4 Å². The van der Waals surface area contributed by atoms with Crippen molar-refractivity contribution in [3.8, 4) is 17.1 Å². The maximum atomic E-state index is 12.1. The van der Waals surface area contributed by atoms with Gasteiger partial charge in [-0.15, -0.1) is 5.10 Å². The van der Waals surface area contributed by atoms with Crippen LogP contribution in [0.1, 0.15) is 27.7 Å². The minimum absolute atomic E-state index is 0.0563. The monoisotopic (exact) mass is 368 g/mol. The molecule has 0 spiro atoms. The largest absolute Gasteiger partial charge is 0.496 e. The van der Waals surface area contributed by atoms with Gasteiger partial charge in [-0.3, -0.25) is 9.89 Å². The summed E-state index contributed by atoms with van der Waals surface area (Å²) in [5.41, 5.74) is 0.445. The highest BCUT2D eigenvalue weighted by Gasteiger charge is 2.22. The van der Waals surface area contributed by atoms with Crippen molar-refractivity contribution >= 4 is 29.3 Å². The zero-order valence-corrected chi connectivity index (χ0v) is 15.9. The molecule has 24 heavy (non-hydrogen) atoms. The van der Waals surface area contributed by atoms with Crippen molar-refractivity contribution in [2.45, 2.75) is 43.6 Å². The lowest BCUT2D eigenvalue weighted by Crippen LogP contribution is -2.44. The fourth-order valence-electron chi connectivity index (χ4n) is 1.97. The van der Waals surface area contributed by atoms with Crippen molar-refractivity contribution in [3.63, 3.8) is 0 Å². The summed E-state index contributed by atoms with van der Waals surface area (Å²) in [6.07, 6.45) is 0. The summed E-state index contributed by atoms with van der Waals surface area (Å²) in [6, 6.07) is 5.27. The van der Waals surface area contributed by atoms with E-state index in [0.29, 0.717) is 21.8 Å². The fourth-order valence-corrected chi connectivity index (χ4v) is 2.86. The van der Waals surface area contributed by atoms with Gasteiger partial charge in [0.05, 0.1) is 17.9 Å². The van der Waals surface area contributed by atoms with Gasteiger partial charge in [-0.25, -0.2) is 4.98 Å². The Labute approximate surface area is 150 Å². The van der Waals surface area contributed by atoms with E-state index in [4.69, 9.17) is 16.3 Å². The van der Waals surface area contributed by atoms with Crippen LogP contribution in [0, 0.1) is 0 Å². The first-order valence-electron chi connectivity index (χ1n) is 7.44. The number of benzene rings is 1. The van der Waals surface area contributed by atoms with Gasteiger partial charge in [-0.05, 0) is 45.9 Å². The van der Waals surface area contributed by atoms with Gasteiger partial charge in [-0.2, -0.15) is 0 Å². The zero-order valence-electron chi connectivity index (χ0n) is 14.3. The van der Waals surface area contributed by atoms with Crippen LogP contribution < -0.4 is 10.1 Å². The van der Waals surface area contributed by atoms with Crippen LogP contribution in [0.4, 0.5) is 0 Å². The molecular weight excluding hydrogens is 348 g/mol. The number of carbonyl (C=O) groups excluding carboxylic acids is 1. The molecular formula is C16H21ClN4O2S. The van der Waals surface area contributed by atoms with Crippen LogP contribution in [0.25, 0.3) is 11.4 Å². The highest BCUT2D eigenvalue weighted by molar-refractivity contribution is 8.00. The molecule has 0 aliphatic carbocycles. The fraction of sp³-hybridized carbons (Fsp3) is 0.438. The molecule has 0 radical (unpaired) electrons. The molecule has 1 aromatic carbocycles. The normalized spacial score (nSPS) is 12.8. The van der Waals surface area contributed by atoms with Crippen LogP contribution in [0.3, 0.4) is 0 Å². The maximum Gasteiger partial charge on any atom is 0.233 e. The number of hydrogen-bond acceptors (Lipinski definition) is 5. The third-order valence-electron chi connectivity index (χ3n) is 3.03. The maximum absolute atomic E-state index is 12.1. The van der Waals surface area contributed by atoms with Crippen LogP contribution in [-0.4, -0.2) is 39.0 Å². The van der Waals surface area contributed by atoms with Gasteiger partial charge >= 0.3 is 0 Å². The Hall–Kier alpha value is -1.73. The topological polar surface area (TPSA) is 79.9 Å². The lowest BCUT2D eigenvalue weighted by molar-refractivity contribution is -0.121. The van der Waals surface area contributed by atoms with E-state index in [2.05, 4.69) is 20.5 Å². The van der Waals surface area contributed by atoms with Crippen LogP contribution in [-0.2, 0) is 4.79 Å². The van der Waals surface area contributed by atoms with Crippen LogP contribution in [0.15, 0.2) is 23.4 Å². The third-order valence-corrected chi connectivity index (χ3v) is 4.23. The van der Waals surface area contributed by atoms with Crippen molar-refractivity contribution in [1.82, 2.24) is 20.5 Å². The number of methoxy groups -OCH3 is 1. The van der Waals surface area contributed by atoms with Gasteiger partial charge in [0.2, 0.25) is 11.1 Å². The number of amides is 1. The standard InChI is InChI=1S/C16H21ClN4O2S/c1-9(14(22)19-16(2,3)4)24-15-18-13(20-21-15)11-8-10(17)6-7-12(11)23-5/h6-9H,1-5H3,(H,19,22)(H,18,20,21). The summed E-state index contributed by atoms with van der Waals surface area (Å²) in [7, 11) is 1.58. The third kappa shape index (κ3) is 4.88. The Bertz CT molecular complexity index is 727. The molecule has 1 atom stereocenters. The SMILES string of the molecule is COc1ccc(Cl)cc1-c1nc(SC(C)C(=O)NC(C)(C)C)n[nH]1. The second-order valence-electron chi connectivity index (χ2n) is 6.31. The second kappa shape index (κ2) is 7.44. The molecule has 6 nitrogen and oxygen atoms in total. The molecule has 0 saturated carbocycles. The van der Waals surface area contributed by atoms with E-state index in [9.17, 15) is 4.79 Å². The number of halogens is 1. The lowest BCUT2D eigenvalue weighted by Gasteiger charge is -2.22.